The van der Waals surface area contributed by atoms with E-state index < -0.39 is 4.92 Å². The second-order valence-electron chi connectivity index (χ2n) is 4.41. The predicted molar refractivity (Wildman–Crippen MR) is 65.0 cm³/mol. The van der Waals surface area contributed by atoms with Crippen LogP contribution in [0.25, 0.3) is 0 Å². The normalized spacial score (nSPS) is 15.3. The van der Waals surface area contributed by atoms with Gasteiger partial charge >= 0.3 is 0 Å². The fraction of sp³-hybridized carbons (Fsp3) is 0.500. The van der Waals surface area contributed by atoms with Crippen molar-refractivity contribution in [2.24, 2.45) is 5.92 Å². The van der Waals surface area contributed by atoms with Gasteiger partial charge < -0.3 is 10.5 Å². The van der Waals surface area contributed by atoms with E-state index in [-0.39, 0.29) is 11.4 Å². The third-order valence-corrected chi connectivity index (χ3v) is 3.22. The van der Waals surface area contributed by atoms with Crippen molar-refractivity contribution in [2.45, 2.75) is 25.7 Å². The zero-order valence-corrected chi connectivity index (χ0v) is 9.59. The maximum Gasteiger partial charge on any atom is 0.292 e. The Hall–Kier alpha value is -1.78. The Balaban J connectivity index is 1.88. The summed E-state index contributed by atoms with van der Waals surface area (Å²) < 4.78 is 5.53. The first kappa shape index (κ1) is 11.7. The zero-order valence-electron chi connectivity index (χ0n) is 9.59. The average molecular weight is 236 g/mol. The van der Waals surface area contributed by atoms with Crippen molar-refractivity contribution in [1.29, 1.82) is 0 Å². The Labute approximate surface area is 99.7 Å². The predicted octanol–water partition coefficient (Wildman–Crippen LogP) is 2.75. The Bertz CT molecular complexity index is 416. The molecule has 0 saturated heterocycles. The quantitative estimate of drug-likeness (QED) is 0.484. The highest BCUT2D eigenvalue weighted by atomic mass is 16.6. The van der Waals surface area contributed by atoms with Crippen LogP contribution in [0.4, 0.5) is 11.4 Å². The van der Waals surface area contributed by atoms with Gasteiger partial charge in [0.05, 0.1) is 11.5 Å². The van der Waals surface area contributed by atoms with Gasteiger partial charge in [0.2, 0.25) is 0 Å². The van der Waals surface area contributed by atoms with Gasteiger partial charge in [0, 0.05) is 12.1 Å². The molecule has 2 N–H and O–H groups in total. The van der Waals surface area contributed by atoms with E-state index in [0.29, 0.717) is 12.4 Å². The summed E-state index contributed by atoms with van der Waals surface area (Å²) in [4.78, 5) is 10.1. The molecule has 0 spiro atoms. The second-order valence-corrected chi connectivity index (χ2v) is 4.41. The number of rotatable bonds is 5. The average Bonchev–Trinajstić information content (AvgIpc) is 2.21. The van der Waals surface area contributed by atoms with E-state index in [4.69, 9.17) is 10.5 Å². The van der Waals surface area contributed by atoms with E-state index in [1.165, 1.54) is 31.4 Å². The number of nitrogens with two attached hydrogens (primary N) is 1. The number of nitro groups is 1. The Morgan fingerprint density at radius 3 is 2.76 bits per heavy atom. The highest BCUT2D eigenvalue weighted by Crippen LogP contribution is 2.30. The van der Waals surface area contributed by atoms with Crippen LogP contribution in [0.3, 0.4) is 0 Å². The largest absolute Gasteiger partial charge is 0.494 e. The third-order valence-electron chi connectivity index (χ3n) is 3.22. The summed E-state index contributed by atoms with van der Waals surface area (Å²) >= 11 is 0. The van der Waals surface area contributed by atoms with Crippen LogP contribution in [0.2, 0.25) is 0 Å². The minimum Gasteiger partial charge on any atom is -0.494 e. The van der Waals surface area contributed by atoms with Gasteiger partial charge in [0.25, 0.3) is 5.69 Å². The van der Waals surface area contributed by atoms with Gasteiger partial charge in [-0.2, -0.15) is 0 Å². The van der Waals surface area contributed by atoms with E-state index in [9.17, 15) is 10.1 Å². The number of nitrogens with zero attached hydrogens (tertiary/aromatic N) is 1. The molecule has 0 amide bonds. The molecule has 0 atom stereocenters. The number of hydrogen-bond acceptors (Lipinski definition) is 4. The minimum absolute atomic E-state index is 0.0728. The molecule has 1 aliphatic carbocycles. The summed E-state index contributed by atoms with van der Waals surface area (Å²) in [7, 11) is 0. The maximum absolute atomic E-state index is 10.6. The molecule has 5 heteroatoms. The highest BCUT2D eigenvalue weighted by molar-refractivity contribution is 5.60. The molecule has 0 unspecified atom stereocenters. The van der Waals surface area contributed by atoms with Gasteiger partial charge in [-0.25, -0.2) is 0 Å². The highest BCUT2D eigenvalue weighted by Gasteiger charge is 2.17. The third kappa shape index (κ3) is 2.87. The maximum atomic E-state index is 10.6. The summed E-state index contributed by atoms with van der Waals surface area (Å²) in [5.74, 6) is 1.40. The molecule has 1 fully saturated rings. The van der Waals surface area contributed by atoms with E-state index in [0.717, 1.165) is 12.3 Å². The van der Waals surface area contributed by atoms with Gasteiger partial charge in [0.1, 0.15) is 11.4 Å². The van der Waals surface area contributed by atoms with Gasteiger partial charge in [-0.3, -0.25) is 10.1 Å². The van der Waals surface area contributed by atoms with Crippen molar-refractivity contribution in [3.05, 3.63) is 28.3 Å². The molecule has 0 aromatic heterocycles. The molecule has 0 radical (unpaired) electrons. The van der Waals surface area contributed by atoms with Crippen molar-refractivity contribution in [3.63, 3.8) is 0 Å². The number of nitrogen functional groups attached to an aromatic ring is 1. The van der Waals surface area contributed by atoms with Gasteiger partial charge in [-0.15, -0.1) is 0 Å². The Kier molecular flexibility index (Phi) is 3.46. The smallest absolute Gasteiger partial charge is 0.292 e. The molecule has 5 nitrogen and oxygen atoms in total. The number of hydrogen-bond donors (Lipinski definition) is 1. The van der Waals surface area contributed by atoms with E-state index >= 15 is 0 Å². The monoisotopic (exact) mass is 236 g/mol. The molecule has 0 heterocycles. The molecule has 2 rings (SSSR count). The molecular formula is C12H16N2O3. The van der Waals surface area contributed by atoms with Crippen LogP contribution in [-0.4, -0.2) is 11.5 Å². The number of ether oxygens (including phenoxy) is 1. The van der Waals surface area contributed by atoms with Crippen LogP contribution in [0.1, 0.15) is 25.7 Å². The number of benzene rings is 1. The van der Waals surface area contributed by atoms with Gasteiger partial charge in [-0.1, -0.05) is 19.3 Å². The molecule has 0 aliphatic heterocycles. The summed E-state index contributed by atoms with van der Waals surface area (Å²) in [6.07, 6.45) is 4.98. The zero-order chi connectivity index (χ0) is 12.3. The SMILES string of the molecule is Nc1cc(OCCC2CCC2)ccc1[N+](=O)[O-]. The second kappa shape index (κ2) is 5.03. The lowest BCUT2D eigenvalue weighted by Crippen LogP contribution is -2.14. The van der Waals surface area contributed by atoms with Gasteiger partial charge in [-0.05, 0) is 18.4 Å². The van der Waals surface area contributed by atoms with Crippen molar-refractivity contribution in [1.82, 2.24) is 0 Å². The Morgan fingerprint density at radius 2 is 2.24 bits per heavy atom. The lowest BCUT2D eigenvalue weighted by atomic mass is 9.83. The fourth-order valence-electron chi connectivity index (χ4n) is 1.91. The lowest BCUT2D eigenvalue weighted by Gasteiger charge is -2.24. The van der Waals surface area contributed by atoms with E-state index in [1.807, 2.05) is 0 Å². The summed E-state index contributed by atoms with van der Waals surface area (Å²) in [5, 5.41) is 10.6. The first-order chi connectivity index (χ1) is 8.16. The first-order valence-electron chi connectivity index (χ1n) is 5.83. The van der Waals surface area contributed by atoms with Crippen LogP contribution < -0.4 is 10.5 Å². The molecule has 1 aromatic carbocycles. The molecule has 1 aromatic rings. The topological polar surface area (TPSA) is 78.4 Å². The van der Waals surface area contributed by atoms with E-state index in [1.54, 1.807) is 6.07 Å². The lowest BCUT2D eigenvalue weighted by molar-refractivity contribution is -0.383. The number of anilines is 1. The molecular weight excluding hydrogens is 220 g/mol. The van der Waals surface area contributed by atoms with Crippen LogP contribution in [-0.2, 0) is 0 Å². The van der Waals surface area contributed by atoms with Crippen molar-refractivity contribution < 1.29 is 9.66 Å². The number of nitro benzene ring substituents is 1. The standard InChI is InChI=1S/C12H16N2O3/c13-11-8-10(4-5-12(11)14(15)16)17-7-6-9-2-1-3-9/h4-5,8-9H,1-3,6-7,13H2. The van der Waals surface area contributed by atoms with Crippen molar-refractivity contribution in [3.8, 4) is 5.75 Å². The Morgan fingerprint density at radius 1 is 1.47 bits per heavy atom. The van der Waals surface area contributed by atoms with Crippen molar-refractivity contribution in [2.75, 3.05) is 12.3 Å². The molecule has 0 bridgehead atoms. The van der Waals surface area contributed by atoms with Crippen LogP contribution in [0.15, 0.2) is 18.2 Å². The minimum atomic E-state index is -0.493. The fourth-order valence-corrected chi connectivity index (χ4v) is 1.91. The molecule has 1 aliphatic rings. The van der Waals surface area contributed by atoms with Crippen LogP contribution >= 0.6 is 0 Å². The van der Waals surface area contributed by atoms with E-state index in [2.05, 4.69) is 0 Å². The molecule has 92 valence electrons. The summed E-state index contributed by atoms with van der Waals surface area (Å²) in [6.45, 7) is 0.655. The van der Waals surface area contributed by atoms with Crippen LogP contribution in [0, 0.1) is 16.0 Å². The summed E-state index contributed by atoms with van der Waals surface area (Å²) in [6, 6.07) is 4.49. The molecule has 1 saturated carbocycles. The molecule has 17 heavy (non-hydrogen) atoms. The van der Waals surface area contributed by atoms with Gasteiger partial charge in [0.15, 0.2) is 0 Å². The first-order valence-corrected chi connectivity index (χ1v) is 5.83. The van der Waals surface area contributed by atoms with Crippen LogP contribution in [0.5, 0.6) is 5.75 Å². The van der Waals surface area contributed by atoms with Crippen molar-refractivity contribution >= 4 is 11.4 Å². The summed E-state index contributed by atoms with van der Waals surface area (Å²) in [5.41, 5.74) is 5.65.